The minimum Gasteiger partial charge on any atom is -0.375 e. The zero-order valence-electron chi connectivity index (χ0n) is 13.2. The van der Waals surface area contributed by atoms with Crippen molar-refractivity contribution >= 4 is 17.4 Å². The molecule has 0 aliphatic carbocycles. The van der Waals surface area contributed by atoms with Crippen LogP contribution in [0.3, 0.4) is 0 Å². The highest BCUT2D eigenvalue weighted by Crippen LogP contribution is 2.45. The van der Waals surface area contributed by atoms with Crippen LogP contribution in [0.25, 0.3) is 0 Å². The summed E-state index contributed by atoms with van der Waals surface area (Å²) in [6, 6.07) is 15.9. The van der Waals surface area contributed by atoms with E-state index in [2.05, 4.69) is 0 Å². The van der Waals surface area contributed by atoms with Crippen molar-refractivity contribution < 1.29 is 14.7 Å². The van der Waals surface area contributed by atoms with Crippen molar-refractivity contribution in [1.82, 2.24) is 0 Å². The minimum absolute atomic E-state index is 0.214. The van der Waals surface area contributed by atoms with Crippen LogP contribution < -0.4 is 4.90 Å². The van der Waals surface area contributed by atoms with Crippen molar-refractivity contribution in [3.05, 3.63) is 65.7 Å². The zero-order valence-corrected chi connectivity index (χ0v) is 13.2. The van der Waals surface area contributed by atoms with Crippen LogP contribution in [0.15, 0.2) is 54.6 Å². The second kappa shape index (κ2) is 5.63. The smallest absolute Gasteiger partial charge is 0.264 e. The number of Topliss-reactive ketones (excluding diaryl/α,β-unsaturated/α-hetero) is 1. The molecule has 0 bridgehead atoms. The molecule has 2 aromatic carbocycles. The molecule has 1 amide bonds. The van der Waals surface area contributed by atoms with Crippen LogP contribution in [0.2, 0.25) is 0 Å². The van der Waals surface area contributed by atoms with E-state index in [0.29, 0.717) is 23.2 Å². The van der Waals surface area contributed by atoms with Crippen LogP contribution in [-0.4, -0.2) is 23.8 Å². The highest BCUT2D eigenvalue weighted by Gasteiger charge is 2.55. The fourth-order valence-corrected chi connectivity index (χ4v) is 3.38. The Morgan fingerprint density at radius 3 is 2.39 bits per heavy atom. The van der Waals surface area contributed by atoms with Crippen LogP contribution in [0.1, 0.15) is 29.3 Å². The Hall–Kier alpha value is -2.46. The van der Waals surface area contributed by atoms with E-state index in [-0.39, 0.29) is 5.78 Å². The number of aliphatic hydroxyl groups is 1. The Balaban J connectivity index is 2.11. The van der Waals surface area contributed by atoms with Crippen molar-refractivity contribution in [2.75, 3.05) is 11.9 Å². The van der Waals surface area contributed by atoms with Gasteiger partial charge in [0.05, 0.1) is 11.6 Å². The van der Waals surface area contributed by atoms with Crippen LogP contribution in [0, 0.1) is 5.92 Å². The third kappa shape index (κ3) is 2.18. The van der Waals surface area contributed by atoms with Gasteiger partial charge in [-0.25, -0.2) is 0 Å². The molecule has 0 radical (unpaired) electrons. The van der Waals surface area contributed by atoms with Gasteiger partial charge >= 0.3 is 0 Å². The minimum atomic E-state index is -1.81. The lowest BCUT2D eigenvalue weighted by Crippen LogP contribution is -2.47. The SMILES string of the molecule is CC[C@@H](C(=O)c1ccccc1)[C@]1(O)C(=O)N(C)c2ccccc21. The lowest BCUT2D eigenvalue weighted by Gasteiger charge is -2.30. The van der Waals surface area contributed by atoms with Crippen molar-refractivity contribution in [2.45, 2.75) is 18.9 Å². The summed E-state index contributed by atoms with van der Waals surface area (Å²) >= 11 is 0. The molecule has 3 rings (SSSR count). The third-order valence-corrected chi connectivity index (χ3v) is 4.59. The average Bonchev–Trinajstić information content (AvgIpc) is 2.79. The summed E-state index contributed by atoms with van der Waals surface area (Å²) in [7, 11) is 1.62. The van der Waals surface area contributed by atoms with Gasteiger partial charge in [-0.1, -0.05) is 55.5 Å². The van der Waals surface area contributed by atoms with Gasteiger partial charge in [0.2, 0.25) is 0 Å². The van der Waals surface area contributed by atoms with Gasteiger partial charge in [-0.3, -0.25) is 9.59 Å². The fraction of sp³-hybridized carbons (Fsp3) is 0.263. The van der Waals surface area contributed by atoms with Gasteiger partial charge in [-0.2, -0.15) is 0 Å². The maximum Gasteiger partial charge on any atom is 0.264 e. The maximum atomic E-state index is 12.9. The number of ketones is 1. The van der Waals surface area contributed by atoms with Gasteiger partial charge < -0.3 is 10.0 Å². The molecule has 0 unspecified atom stereocenters. The van der Waals surface area contributed by atoms with Crippen LogP contribution in [0.4, 0.5) is 5.69 Å². The van der Waals surface area contributed by atoms with Gasteiger partial charge in [-0.15, -0.1) is 0 Å². The largest absolute Gasteiger partial charge is 0.375 e. The first kappa shape index (κ1) is 15.4. The van der Waals surface area contributed by atoms with E-state index < -0.39 is 17.4 Å². The summed E-state index contributed by atoms with van der Waals surface area (Å²) in [4.78, 5) is 27.1. The Kier molecular flexibility index (Phi) is 3.78. The first-order chi connectivity index (χ1) is 11.0. The lowest BCUT2D eigenvalue weighted by atomic mass is 9.76. The third-order valence-electron chi connectivity index (χ3n) is 4.59. The number of rotatable bonds is 4. The quantitative estimate of drug-likeness (QED) is 0.884. The molecule has 2 atom stereocenters. The Morgan fingerprint density at radius 1 is 1.13 bits per heavy atom. The first-order valence-electron chi connectivity index (χ1n) is 7.71. The predicted molar refractivity (Wildman–Crippen MR) is 88.3 cm³/mol. The topological polar surface area (TPSA) is 57.6 Å². The molecule has 1 heterocycles. The summed E-state index contributed by atoms with van der Waals surface area (Å²) < 4.78 is 0. The van der Waals surface area contributed by atoms with Gasteiger partial charge in [0.15, 0.2) is 11.4 Å². The highest BCUT2D eigenvalue weighted by molar-refractivity contribution is 6.11. The number of para-hydroxylation sites is 1. The molecule has 1 aliphatic rings. The van der Waals surface area contributed by atoms with E-state index in [1.165, 1.54) is 4.90 Å². The van der Waals surface area contributed by atoms with Crippen molar-refractivity contribution in [3.63, 3.8) is 0 Å². The van der Waals surface area contributed by atoms with E-state index in [1.807, 2.05) is 19.1 Å². The van der Waals surface area contributed by atoms with Gasteiger partial charge in [-0.05, 0) is 12.5 Å². The molecule has 0 spiro atoms. The molecule has 23 heavy (non-hydrogen) atoms. The Labute approximate surface area is 135 Å². The van der Waals surface area contributed by atoms with E-state index in [1.54, 1.807) is 49.5 Å². The summed E-state index contributed by atoms with van der Waals surface area (Å²) in [5.74, 6) is -1.48. The summed E-state index contributed by atoms with van der Waals surface area (Å²) in [6.07, 6.45) is 0.373. The lowest BCUT2D eigenvalue weighted by molar-refractivity contribution is -0.140. The number of hydrogen-bond acceptors (Lipinski definition) is 3. The van der Waals surface area contributed by atoms with Gasteiger partial charge in [0.25, 0.3) is 5.91 Å². The summed E-state index contributed by atoms with van der Waals surface area (Å²) in [6.45, 7) is 1.82. The molecular formula is C19H19NO3. The van der Waals surface area contributed by atoms with Crippen molar-refractivity contribution in [2.24, 2.45) is 5.92 Å². The number of nitrogens with zero attached hydrogens (tertiary/aromatic N) is 1. The van der Waals surface area contributed by atoms with Crippen molar-refractivity contribution in [3.8, 4) is 0 Å². The number of likely N-dealkylation sites (N-methyl/N-ethyl adjacent to an activating group) is 1. The molecule has 2 aromatic rings. The fourth-order valence-electron chi connectivity index (χ4n) is 3.38. The van der Waals surface area contributed by atoms with Crippen molar-refractivity contribution in [1.29, 1.82) is 0 Å². The van der Waals surface area contributed by atoms with Crippen LogP contribution >= 0.6 is 0 Å². The van der Waals surface area contributed by atoms with Gasteiger partial charge in [0, 0.05) is 18.2 Å². The molecular weight excluding hydrogens is 290 g/mol. The number of carbonyl (C=O) groups excluding carboxylic acids is 2. The predicted octanol–water partition coefficient (Wildman–Crippen LogP) is 2.76. The molecule has 4 heteroatoms. The van der Waals surface area contributed by atoms with Crippen LogP contribution in [-0.2, 0) is 10.4 Å². The van der Waals surface area contributed by atoms with E-state index in [9.17, 15) is 14.7 Å². The van der Waals surface area contributed by atoms with E-state index in [0.717, 1.165) is 0 Å². The van der Waals surface area contributed by atoms with Crippen LogP contribution in [0.5, 0.6) is 0 Å². The molecule has 0 saturated heterocycles. The standard InChI is InChI=1S/C19H19NO3/c1-3-14(17(21)13-9-5-4-6-10-13)19(23)15-11-7-8-12-16(15)20(2)18(19)22/h4-12,14,23H,3H2,1-2H3/t14-,19+/m0/s1. The number of amides is 1. The Morgan fingerprint density at radius 2 is 1.74 bits per heavy atom. The number of hydrogen-bond donors (Lipinski definition) is 1. The molecule has 1 aliphatic heterocycles. The molecule has 118 valence electrons. The number of carbonyl (C=O) groups is 2. The van der Waals surface area contributed by atoms with E-state index in [4.69, 9.17) is 0 Å². The molecule has 0 saturated carbocycles. The van der Waals surface area contributed by atoms with E-state index >= 15 is 0 Å². The molecule has 0 aromatic heterocycles. The monoisotopic (exact) mass is 309 g/mol. The summed E-state index contributed by atoms with van der Waals surface area (Å²) in [5.41, 5.74) is -0.150. The molecule has 1 N–H and O–H groups in total. The number of benzene rings is 2. The Bertz CT molecular complexity index is 756. The number of fused-ring (bicyclic) bond motifs is 1. The maximum absolute atomic E-state index is 12.9. The zero-order chi connectivity index (χ0) is 16.6. The average molecular weight is 309 g/mol. The summed E-state index contributed by atoms with van der Waals surface area (Å²) in [5, 5.41) is 11.3. The normalized spacial score (nSPS) is 21.2. The first-order valence-corrected chi connectivity index (χ1v) is 7.71. The van der Waals surface area contributed by atoms with Gasteiger partial charge in [0.1, 0.15) is 0 Å². The molecule has 0 fully saturated rings. The highest BCUT2D eigenvalue weighted by atomic mass is 16.3. The second-order valence-corrected chi connectivity index (χ2v) is 5.84. The number of anilines is 1. The molecule has 4 nitrogen and oxygen atoms in total. The second-order valence-electron chi connectivity index (χ2n) is 5.84.